The molecule has 0 saturated carbocycles. The molecule has 0 amide bonds. The van der Waals surface area contributed by atoms with E-state index in [1.165, 1.54) is 180 Å². The third-order valence-electron chi connectivity index (χ3n) is 8.93. The van der Waals surface area contributed by atoms with Crippen LogP contribution in [0.1, 0.15) is 219 Å². The van der Waals surface area contributed by atoms with E-state index in [9.17, 15) is 9.90 Å². The van der Waals surface area contributed by atoms with Gasteiger partial charge in [0, 0.05) is 13.0 Å². The van der Waals surface area contributed by atoms with Crippen LogP contribution in [-0.4, -0.2) is 37.0 Å². The number of ether oxygens (including phenoxy) is 2. The normalized spacial score (nSPS) is 12.2. The van der Waals surface area contributed by atoms with Gasteiger partial charge >= 0.3 is 5.97 Å². The van der Waals surface area contributed by atoms with E-state index >= 15 is 0 Å². The monoisotopic (exact) mass is 611 g/mol. The molecule has 0 aromatic rings. The third kappa shape index (κ3) is 35.7. The molecule has 4 nitrogen and oxygen atoms in total. The molecule has 43 heavy (non-hydrogen) atoms. The molecule has 0 aliphatic rings. The summed E-state index contributed by atoms with van der Waals surface area (Å²) in [6.07, 6.45) is 41.6. The lowest BCUT2D eigenvalue weighted by molar-refractivity contribution is -0.154. The van der Waals surface area contributed by atoms with Gasteiger partial charge < -0.3 is 14.6 Å². The molecule has 4 heteroatoms. The summed E-state index contributed by atoms with van der Waals surface area (Å²) < 4.78 is 11.1. The van der Waals surface area contributed by atoms with Gasteiger partial charge in [-0.1, -0.05) is 200 Å². The Morgan fingerprint density at radius 3 is 1.09 bits per heavy atom. The second-order valence-electron chi connectivity index (χ2n) is 13.4. The average molecular weight is 611 g/mol. The number of hydrogen-bond donors (Lipinski definition) is 1. The number of hydrogen-bond acceptors (Lipinski definition) is 4. The number of esters is 1. The lowest BCUT2D eigenvalue weighted by Crippen LogP contribution is -2.27. The van der Waals surface area contributed by atoms with Crippen LogP contribution in [0.5, 0.6) is 0 Å². The Morgan fingerprint density at radius 2 is 0.767 bits per heavy atom. The standard InChI is InChI=1S/C39H78O4/c1-3-5-7-9-11-13-15-16-17-18-19-20-21-22-23-24-25-27-29-31-33-35-42-37-38(36-40)43-39(41)34-32-30-28-26-14-12-10-8-6-4-2/h38,40H,3-37H2,1-2H3. The van der Waals surface area contributed by atoms with Crippen LogP contribution in [0.25, 0.3) is 0 Å². The summed E-state index contributed by atoms with van der Waals surface area (Å²) in [6.45, 7) is 5.38. The Morgan fingerprint density at radius 1 is 0.465 bits per heavy atom. The molecule has 1 unspecified atom stereocenters. The van der Waals surface area contributed by atoms with Crippen LogP contribution >= 0.6 is 0 Å². The number of rotatable bonds is 37. The van der Waals surface area contributed by atoms with Crippen LogP contribution in [0.4, 0.5) is 0 Å². The Kier molecular flexibility index (Phi) is 37.0. The smallest absolute Gasteiger partial charge is 0.306 e. The molecule has 0 aliphatic heterocycles. The number of carbonyl (C=O) groups is 1. The molecule has 0 spiro atoms. The predicted molar refractivity (Wildman–Crippen MR) is 187 cm³/mol. The molecule has 0 aliphatic carbocycles. The summed E-state index contributed by atoms with van der Waals surface area (Å²) in [5.74, 6) is -0.198. The van der Waals surface area contributed by atoms with Gasteiger partial charge in [-0.3, -0.25) is 4.79 Å². The van der Waals surface area contributed by atoms with E-state index in [1.807, 2.05) is 0 Å². The second kappa shape index (κ2) is 37.6. The van der Waals surface area contributed by atoms with Gasteiger partial charge in [0.2, 0.25) is 0 Å². The first-order valence-electron chi connectivity index (χ1n) is 19.6. The fourth-order valence-electron chi connectivity index (χ4n) is 5.98. The number of aliphatic hydroxyl groups is 1. The van der Waals surface area contributed by atoms with Crippen LogP contribution in [-0.2, 0) is 14.3 Å². The first-order chi connectivity index (χ1) is 21.2. The Bertz CT molecular complexity index is 523. The number of unbranched alkanes of at least 4 members (excludes halogenated alkanes) is 29. The van der Waals surface area contributed by atoms with E-state index in [2.05, 4.69) is 13.8 Å². The lowest BCUT2D eigenvalue weighted by atomic mass is 10.0. The molecular formula is C39H78O4. The summed E-state index contributed by atoms with van der Waals surface area (Å²) in [5.41, 5.74) is 0. The highest BCUT2D eigenvalue weighted by Crippen LogP contribution is 2.15. The lowest BCUT2D eigenvalue weighted by Gasteiger charge is -2.16. The average Bonchev–Trinajstić information content (AvgIpc) is 3.01. The van der Waals surface area contributed by atoms with Crippen molar-refractivity contribution in [3.05, 3.63) is 0 Å². The molecule has 0 aromatic heterocycles. The van der Waals surface area contributed by atoms with E-state index in [-0.39, 0.29) is 12.6 Å². The van der Waals surface area contributed by atoms with E-state index in [4.69, 9.17) is 9.47 Å². The minimum absolute atomic E-state index is 0.164. The zero-order valence-electron chi connectivity index (χ0n) is 29.5. The van der Waals surface area contributed by atoms with Gasteiger partial charge in [-0.2, -0.15) is 0 Å². The van der Waals surface area contributed by atoms with E-state index < -0.39 is 6.10 Å². The Labute approximate surface area is 270 Å². The largest absolute Gasteiger partial charge is 0.457 e. The van der Waals surface area contributed by atoms with Gasteiger partial charge in [0.25, 0.3) is 0 Å². The maximum absolute atomic E-state index is 12.1. The minimum Gasteiger partial charge on any atom is -0.457 e. The van der Waals surface area contributed by atoms with Gasteiger partial charge in [0.1, 0.15) is 6.10 Å². The van der Waals surface area contributed by atoms with E-state index in [0.717, 1.165) is 19.3 Å². The molecule has 0 saturated heterocycles. The van der Waals surface area contributed by atoms with Crippen LogP contribution in [0.3, 0.4) is 0 Å². The van der Waals surface area contributed by atoms with Gasteiger partial charge in [-0.15, -0.1) is 0 Å². The van der Waals surface area contributed by atoms with E-state index in [0.29, 0.717) is 19.6 Å². The van der Waals surface area contributed by atoms with Crippen molar-refractivity contribution in [2.75, 3.05) is 19.8 Å². The summed E-state index contributed by atoms with van der Waals surface area (Å²) in [4.78, 5) is 12.1. The Hall–Kier alpha value is -0.610. The highest BCUT2D eigenvalue weighted by molar-refractivity contribution is 5.69. The molecule has 0 fully saturated rings. The minimum atomic E-state index is -0.523. The SMILES string of the molecule is CCCCCCCCCCCCCCCCCCCCCCCOCC(CO)OC(=O)CCCCCCCCCCCC. The molecule has 1 atom stereocenters. The van der Waals surface area contributed by atoms with Crippen molar-refractivity contribution in [2.24, 2.45) is 0 Å². The van der Waals surface area contributed by atoms with E-state index in [1.54, 1.807) is 0 Å². The van der Waals surface area contributed by atoms with Crippen molar-refractivity contribution in [3.8, 4) is 0 Å². The number of aliphatic hydroxyl groups excluding tert-OH is 1. The molecule has 0 rings (SSSR count). The van der Waals surface area contributed by atoms with Crippen molar-refractivity contribution in [1.82, 2.24) is 0 Å². The quantitative estimate of drug-likeness (QED) is 0.0561. The number of carbonyl (C=O) groups excluding carboxylic acids is 1. The van der Waals surface area contributed by atoms with Gasteiger partial charge in [-0.25, -0.2) is 0 Å². The predicted octanol–water partition coefficient (Wildman–Crippen LogP) is 12.4. The van der Waals surface area contributed by atoms with Crippen molar-refractivity contribution in [3.63, 3.8) is 0 Å². The third-order valence-corrected chi connectivity index (χ3v) is 8.93. The molecule has 0 aromatic carbocycles. The van der Waals surface area contributed by atoms with Gasteiger partial charge in [-0.05, 0) is 12.8 Å². The van der Waals surface area contributed by atoms with Crippen LogP contribution in [0, 0.1) is 0 Å². The second-order valence-corrected chi connectivity index (χ2v) is 13.4. The van der Waals surface area contributed by atoms with Crippen molar-refractivity contribution in [1.29, 1.82) is 0 Å². The topological polar surface area (TPSA) is 55.8 Å². The fraction of sp³-hybridized carbons (Fsp3) is 0.974. The first kappa shape index (κ1) is 42.4. The molecular weight excluding hydrogens is 532 g/mol. The zero-order chi connectivity index (χ0) is 31.3. The maximum atomic E-state index is 12.1. The highest BCUT2D eigenvalue weighted by atomic mass is 16.6. The summed E-state index contributed by atoms with van der Waals surface area (Å²) in [6, 6.07) is 0. The Balaban J connectivity index is 3.32. The fourth-order valence-corrected chi connectivity index (χ4v) is 5.98. The zero-order valence-corrected chi connectivity index (χ0v) is 29.5. The van der Waals surface area contributed by atoms with Gasteiger partial charge in [0.05, 0.1) is 13.2 Å². The van der Waals surface area contributed by atoms with Gasteiger partial charge in [0.15, 0.2) is 0 Å². The van der Waals surface area contributed by atoms with Crippen molar-refractivity contribution in [2.45, 2.75) is 225 Å². The molecule has 0 heterocycles. The summed E-state index contributed by atoms with van der Waals surface area (Å²) in [5, 5.41) is 9.54. The van der Waals surface area contributed by atoms with Crippen LogP contribution < -0.4 is 0 Å². The molecule has 0 bridgehead atoms. The first-order valence-corrected chi connectivity index (χ1v) is 19.6. The van der Waals surface area contributed by atoms with Crippen LogP contribution in [0.15, 0.2) is 0 Å². The molecule has 258 valence electrons. The van der Waals surface area contributed by atoms with Crippen molar-refractivity contribution >= 4 is 5.97 Å². The van der Waals surface area contributed by atoms with Crippen LogP contribution in [0.2, 0.25) is 0 Å². The summed E-state index contributed by atoms with van der Waals surface area (Å²) >= 11 is 0. The molecule has 0 radical (unpaired) electrons. The molecule has 1 N–H and O–H groups in total. The highest BCUT2D eigenvalue weighted by Gasteiger charge is 2.13. The van der Waals surface area contributed by atoms with Crippen molar-refractivity contribution < 1.29 is 19.4 Å². The maximum Gasteiger partial charge on any atom is 0.306 e. The summed E-state index contributed by atoms with van der Waals surface area (Å²) in [7, 11) is 0.